The predicted molar refractivity (Wildman–Crippen MR) is 72.5 cm³/mol. The minimum absolute atomic E-state index is 0. The Morgan fingerprint density at radius 3 is 2.84 bits per heavy atom. The zero-order valence-corrected chi connectivity index (χ0v) is 12.6. The molecule has 0 fully saturated rings. The number of aliphatic hydroxyl groups is 1. The molecule has 0 aliphatic rings. The molecule has 0 aliphatic heterocycles. The minimum Gasteiger partial charge on any atom is -1.00 e. The lowest BCUT2D eigenvalue weighted by molar-refractivity contribution is -0.689. The molecule has 0 radical (unpaired) electrons. The highest BCUT2D eigenvalue weighted by Gasteiger charge is 2.16. The van der Waals surface area contributed by atoms with Crippen LogP contribution in [0, 0.1) is 13.8 Å². The zero-order chi connectivity index (χ0) is 13.1. The quantitative estimate of drug-likeness (QED) is 0.656. The number of hydrogen-bond acceptors (Lipinski definition) is 4. The third-order valence-electron chi connectivity index (χ3n) is 2.97. The average Bonchev–Trinajstić information content (AvgIpc) is 2.67. The first kappa shape index (κ1) is 15.9. The van der Waals surface area contributed by atoms with Gasteiger partial charge in [-0.2, -0.15) is 4.57 Å². The van der Waals surface area contributed by atoms with Gasteiger partial charge in [0.25, 0.3) is 0 Å². The van der Waals surface area contributed by atoms with Crippen LogP contribution in [-0.4, -0.2) is 16.7 Å². The number of rotatable bonds is 4. The standard InChI is InChI=1S/C13H18N3OS.ClH/c1-9-5-11(13(14)15-6-9)7-16-8-18-12(3-4-17)10(16)2;/h5-6,8,17H,3-4,7H2,1-2H3,(H2,14,15);1H/q+1;/p-1. The molecule has 0 saturated heterocycles. The summed E-state index contributed by atoms with van der Waals surface area (Å²) in [4.78, 5) is 5.39. The molecule has 2 heterocycles. The summed E-state index contributed by atoms with van der Waals surface area (Å²) in [6.45, 7) is 5.00. The first-order chi connectivity index (χ1) is 8.61. The molecule has 0 unspecified atom stereocenters. The summed E-state index contributed by atoms with van der Waals surface area (Å²) in [7, 11) is 0. The van der Waals surface area contributed by atoms with Crippen LogP contribution in [-0.2, 0) is 13.0 Å². The molecule has 2 aromatic heterocycles. The molecule has 0 saturated carbocycles. The van der Waals surface area contributed by atoms with Crippen molar-refractivity contribution < 1.29 is 22.1 Å². The summed E-state index contributed by atoms with van der Waals surface area (Å²) in [6, 6.07) is 2.07. The third kappa shape index (κ3) is 3.65. The normalized spacial score (nSPS) is 10.3. The Morgan fingerprint density at radius 1 is 1.42 bits per heavy atom. The Bertz CT molecular complexity index is 557. The molecule has 0 aliphatic carbocycles. The van der Waals surface area contributed by atoms with Gasteiger partial charge in [0.1, 0.15) is 5.82 Å². The van der Waals surface area contributed by atoms with Crippen LogP contribution in [0.1, 0.15) is 21.7 Å². The molecule has 2 rings (SSSR count). The number of nitrogens with zero attached hydrogens (tertiary/aromatic N) is 2. The maximum atomic E-state index is 8.99. The monoisotopic (exact) mass is 299 g/mol. The Balaban J connectivity index is 0.00000180. The first-order valence-corrected chi connectivity index (χ1v) is 6.78. The van der Waals surface area contributed by atoms with Crippen LogP contribution in [0.4, 0.5) is 5.82 Å². The largest absolute Gasteiger partial charge is 1.00 e. The molecule has 0 atom stereocenters. The summed E-state index contributed by atoms with van der Waals surface area (Å²) in [5.41, 5.74) is 11.3. The molecule has 3 N–H and O–H groups in total. The topological polar surface area (TPSA) is 63.0 Å². The number of pyridine rings is 1. The van der Waals surface area contributed by atoms with Crippen molar-refractivity contribution in [1.29, 1.82) is 0 Å². The fourth-order valence-corrected chi connectivity index (χ4v) is 2.88. The van der Waals surface area contributed by atoms with Gasteiger partial charge in [-0.25, -0.2) is 4.98 Å². The van der Waals surface area contributed by atoms with E-state index in [4.69, 9.17) is 10.8 Å². The lowest BCUT2D eigenvalue weighted by Crippen LogP contribution is -3.00. The van der Waals surface area contributed by atoms with E-state index in [9.17, 15) is 0 Å². The SMILES string of the molecule is Cc1cnc(N)c(C[n+]2csc(CCO)c2C)c1.[Cl-]. The lowest BCUT2D eigenvalue weighted by Gasteiger charge is -2.02. The van der Waals surface area contributed by atoms with E-state index in [1.807, 2.05) is 6.92 Å². The van der Waals surface area contributed by atoms with E-state index >= 15 is 0 Å². The van der Waals surface area contributed by atoms with Crippen molar-refractivity contribution in [3.8, 4) is 0 Å². The molecular formula is C13H18ClN3OS. The molecule has 2 aromatic rings. The van der Waals surface area contributed by atoms with Gasteiger partial charge in [0.15, 0.2) is 12.2 Å². The van der Waals surface area contributed by atoms with E-state index in [1.54, 1.807) is 17.5 Å². The molecule has 0 aromatic carbocycles. The van der Waals surface area contributed by atoms with Gasteiger partial charge in [0.05, 0.1) is 10.4 Å². The number of halogens is 1. The number of anilines is 1. The van der Waals surface area contributed by atoms with E-state index in [0.29, 0.717) is 12.2 Å². The molecule has 19 heavy (non-hydrogen) atoms. The van der Waals surface area contributed by atoms with E-state index in [-0.39, 0.29) is 19.0 Å². The van der Waals surface area contributed by atoms with Crippen molar-refractivity contribution in [3.05, 3.63) is 39.5 Å². The van der Waals surface area contributed by atoms with Gasteiger partial charge < -0.3 is 23.2 Å². The molecule has 104 valence electrons. The van der Waals surface area contributed by atoms with Crippen LogP contribution >= 0.6 is 11.3 Å². The fourth-order valence-electron chi connectivity index (χ4n) is 1.90. The lowest BCUT2D eigenvalue weighted by atomic mass is 10.2. The van der Waals surface area contributed by atoms with Crippen LogP contribution in [0.3, 0.4) is 0 Å². The molecule has 0 spiro atoms. The van der Waals surface area contributed by atoms with Crippen LogP contribution in [0.5, 0.6) is 0 Å². The summed E-state index contributed by atoms with van der Waals surface area (Å²) in [5.74, 6) is 0.586. The molecule has 0 amide bonds. The molecule has 6 heteroatoms. The second-order valence-electron chi connectivity index (χ2n) is 4.39. The Hall–Kier alpha value is -1.17. The Kier molecular flexibility index (Phi) is 5.72. The maximum Gasteiger partial charge on any atom is 0.225 e. The van der Waals surface area contributed by atoms with Crippen molar-refractivity contribution in [3.63, 3.8) is 0 Å². The summed E-state index contributed by atoms with van der Waals surface area (Å²) in [6.07, 6.45) is 2.49. The minimum atomic E-state index is 0. The number of aromatic nitrogens is 2. The second kappa shape index (κ2) is 6.84. The van der Waals surface area contributed by atoms with E-state index in [0.717, 1.165) is 17.7 Å². The van der Waals surface area contributed by atoms with Crippen LogP contribution in [0.25, 0.3) is 0 Å². The number of aliphatic hydroxyl groups excluding tert-OH is 1. The summed E-state index contributed by atoms with van der Waals surface area (Å²) < 4.78 is 2.16. The van der Waals surface area contributed by atoms with Crippen LogP contribution in [0.2, 0.25) is 0 Å². The number of hydrogen-bond donors (Lipinski definition) is 2. The third-order valence-corrected chi connectivity index (χ3v) is 4.12. The Morgan fingerprint density at radius 2 is 2.16 bits per heavy atom. The molecule has 4 nitrogen and oxygen atoms in total. The van der Waals surface area contributed by atoms with E-state index < -0.39 is 0 Å². The smallest absolute Gasteiger partial charge is 0.225 e. The Labute approximate surface area is 123 Å². The van der Waals surface area contributed by atoms with Gasteiger partial charge in [0.2, 0.25) is 5.51 Å². The van der Waals surface area contributed by atoms with Gasteiger partial charge in [-0.05, 0) is 18.6 Å². The predicted octanol–water partition coefficient (Wildman–Crippen LogP) is -1.78. The van der Waals surface area contributed by atoms with Crippen LogP contribution in [0.15, 0.2) is 17.8 Å². The highest BCUT2D eigenvalue weighted by molar-refractivity contribution is 7.09. The number of nitrogen functional groups attached to an aromatic ring is 1. The van der Waals surface area contributed by atoms with Gasteiger partial charge in [-0.3, -0.25) is 0 Å². The van der Waals surface area contributed by atoms with Gasteiger partial charge in [-0.15, -0.1) is 0 Å². The highest BCUT2D eigenvalue weighted by atomic mass is 35.5. The second-order valence-corrected chi connectivity index (χ2v) is 5.33. The van der Waals surface area contributed by atoms with Crippen molar-refractivity contribution in [1.82, 2.24) is 4.98 Å². The molecular weight excluding hydrogens is 282 g/mol. The van der Waals surface area contributed by atoms with Gasteiger partial charge in [-0.1, -0.05) is 11.3 Å². The van der Waals surface area contributed by atoms with Crippen molar-refractivity contribution in [2.24, 2.45) is 0 Å². The number of aryl methyl sites for hydroxylation is 1. The van der Waals surface area contributed by atoms with Crippen molar-refractivity contribution >= 4 is 17.2 Å². The van der Waals surface area contributed by atoms with Crippen molar-refractivity contribution in [2.75, 3.05) is 12.3 Å². The number of nitrogens with two attached hydrogens (primary N) is 1. The highest BCUT2D eigenvalue weighted by Crippen LogP contribution is 2.14. The van der Waals surface area contributed by atoms with E-state index in [1.165, 1.54) is 10.6 Å². The zero-order valence-electron chi connectivity index (χ0n) is 11.1. The summed E-state index contributed by atoms with van der Waals surface area (Å²) in [5, 5.41) is 8.99. The maximum absolute atomic E-state index is 8.99. The fraction of sp³-hybridized carbons (Fsp3) is 0.385. The molecule has 0 bridgehead atoms. The van der Waals surface area contributed by atoms with Crippen LogP contribution < -0.4 is 22.7 Å². The van der Waals surface area contributed by atoms with Gasteiger partial charge >= 0.3 is 0 Å². The van der Waals surface area contributed by atoms with E-state index in [2.05, 4.69) is 28.1 Å². The van der Waals surface area contributed by atoms with Gasteiger partial charge in [0, 0.05) is 26.1 Å². The summed E-state index contributed by atoms with van der Waals surface area (Å²) >= 11 is 1.67. The number of thiazole rings is 1. The first-order valence-electron chi connectivity index (χ1n) is 5.90. The van der Waals surface area contributed by atoms with Crippen molar-refractivity contribution in [2.45, 2.75) is 26.8 Å². The average molecular weight is 300 g/mol.